The molecule has 30 heavy (non-hydrogen) atoms. The number of anilines is 1. The summed E-state index contributed by atoms with van der Waals surface area (Å²) in [7, 11) is 1.64. The Morgan fingerprint density at radius 1 is 1.13 bits per heavy atom. The number of benzene rings is 2. The second kappa shape index (κ2) is 8.63. The maximum Gasteiger partial charge on any atom is 0.233 e. The molecule has 0 N–H and O–H groups in total. The monoisotopic (exact) mass is 417 g/mol. The first-order valence-corrected chi connectivity index (χ1v) is 10.5. The van der Waals surface area contributed by atoms with Gasteiger partial charge in [-0.15, -0.1) is 0 Å². The van der Waals surface area contributed by atoms with Crippen LogP contribution < -0.4 is 9.64 Å². The van der Waals surface area contributed by atoms with Crippen LogP contribution in [0.3, 0.4) is 0 Å². The summed E-state index contributed by atoms with van der Waals surface area (Å²) in [5.41, 5.74) is 5.16. The number of aromatic nitrogens is 2. The van der Waals surface area contributed by atoms with Crippen LogP contribution >= 0.6 is 11.3 Å². The number of carbonyl (C=O) groups is 1. The molecule has 6 heteroatoms. The van der Waals surface area contributed by atoms with Gasteiger partial charge < -0.3 is 4.74 Å². The molecule has 0 radical (unpaired) electrons. The van der Waals surface area contributed by atoms with E-state index in [1.54, 1.807) is 24.4 Å². The van der Waals surface area contributed by atoms with E-state index in [-0.39, 0.29) is 5.91 Å². The fourth-order valence-corrected chi connectivity index (χ4v) is 4.38. The Morgan fingerprint density at radius 2 is 2.00 bits per heavy atom. The molecular formula is C24H23N3O2S. The number of amides is 1. The molecule has 0 atom stereocenters. The number of hydrogen-bond acceptors (Lipinski definition) is 5. The van der Waals surface area contributed by atoms with Crippen molar-refractivity contribution in [1.82, 2.24) is 9.97 Å². The van der Waals surface area contributed by atoms with Crippen LogP contribution in [-0.2, 0) is 17.8 Å². The maximum absolute atomic E-state index is 13.4. The highest BCUT2D eigenvalue weighted by Gasteiger charge is 2.21. The summed E-state index contributed by atoms with van der Waals surface area (Å²) in [6.45, 7) is 4.53. The van der Waals surface area contributed by atoms with Crippen molar-refractivity contribution < 1.29 is 9.53 Å². The molecule has 2 aromatic heterocycles. The highest BCUT2D eigenvalue weighted by atomic mass is 32.1. The van der Waals surface area contributed by atoms with Crippen LogP contribution in [0.25, 0.3) is 10.2 Å². The third kappa shape index (κ3) is 4.33. The molecule has 4 aromatic rings. The van der Waals surface area contributed by atoms with Gasteiger partial charge in [-0.1, -0.05) is 41.2 Å². The molecule has 0 saturated carbocycles. The van der Waals surface area contributed by atoms with Gasteiger partial charge in [0, 0.05) is 12.4 Å². The molecule has 0 aliphatic heterocycles. The third-order valence-electron chi connectivity index (χ3n) is 5.02. The molecule has 0 spiro atoms. The zero-order valence-corrected chi connectivity index (χ0v) is 18.1. The first-order chi connectivity index (χ1) is 14.5. The Bertz CT molecular complexity index is 1190. The number of aryl methyl sites for hydroxylation is 2. The van der Waals surface area contributed by atoms with Crippen molar-refractivity contribution in [1.29, 1.82) is 0 Å². The lowest BCUT2D eigenvalue weighted by molar-refractivity contribution is -0.118. The van der Waals surface area contributed by atoms with Gasteiger partial charge in [0.05, 0.1) is 30.3 Å². The van der Waals surface area contributed by atoms with Crippen LogP contribution in [0, 0.1) is 13.8 Å². The Kier molecular flexibility index (Phi) is 5.77. The second-order valence-corrected chi connectivity index (χ2v) is 8.29. The van der Waals surface area contributed by atoms with Crippen molar-refractivity contribution in [2.24, 2.45) is 0 Å². The van der Waals surface area contributed by atoms with Gasteiger partial charge in [0.1, 0.15) is 5.75 Å². The number of rotatable bonds is 6. The van der Waals surface area contributed by atoms with E-state index >= 15 is 0 Å². The van der Waals surface area contributed by atoms with Crippen molar-refractivity contribution in [2.45, 2.75) is 26.8 Å². The Labute approximate surface area is 180 Å². The van der Waals surface area contributed by atoms with Crippen LogP contribution in [0.5, 0.6) is 5.75 Å². The molecule has 0 saturated heterocycles. The summed E-state index contributed by atoms with van der Waals surface area (Å²) in [4.78, 5) is 24.1. The fraction of sp³-hybridized carbons (Fsp3) is 0.208. The standard InChI is InChI=1S/C24H23N3O2S/c1-16-6-7-19(17(2)11-16)12-23(28)27(15-18-5-4-10-25-14-18)24-26-21-9-8-20(29-3)13-22(21)30-24/h4-11,13-14H,12,15H2,1-3H3. The number of nitrogens with zero attached hydrogens (tertiary/aromatic N) is 3. The van der Waals surface area contributed by atoms with Crippen molar-refractivity contribution >= 4 is 32.6 Å². The SMILES string of the molecule is COc1ccc2nc(N(Cc3cccnc3)C(=O)Cc3ccc(C)cc3C)sc2c1. The molecule has 1 amide bonds. The van der Waals surface area contributed by atoms with Crippen molar-refractivity contribution in [3.63, 3.8) is 0 Å². The summed E-state index contributed by atoms with van der Waals surface area (Å²) in [5.74, 6) is 0.787. The van der Waals surface area contributed by atoms with Crippen LogP contribution in [0.15, 0.2) is 60.9 Å². The van der Waals surface area contributed by atoms with Gasteiger partial charge in [-0.25, -0.2) is 4.98 Å². The van der Waals surface area contributed by atoms with Crippen LogP contribution in [0.2, 0.25) is 0 Å². The minimum Gasteiger partial charge on any atom is -0.497 e. The number of pyridine rings is 1. The maximum atomic E-state index is 13.4. The van der Waals surface area contributed by atoms with E-state index in [9.17, 15) is 4.79 Å². The Hall–Kier alpha value is -3.25. The minimum atomic E-state index is 0.0110. The molecule has 5 nitrogen and oxygen atoms in total. The van der Waals surface area contributed by atoms with Gasteiger partial charge in [0.15, 0.2) is 5.13 Å². The van der Waals surface area contributed by atoms with Gasteiger partial charge in [0.25, 0.3) is 0 Å². The molecule has 0 unspecified atom stereocenters. The zero-order chi connectivity index (χ0) is 21.1. The highest BCUT2D eigenvalue weighted by molar-refractivity contribution is 7.22. The number of methoxy groups -OCH3 is 1. The van der Waals surface area contributed by atoms with Crippen molar-refractivity contribution in [3.8, 4) is 5.75 Å². The lowest BCUT2D eigenvalue weighted by Gasteiger charge is -2.20. The van der Waals surface area contributed by atoms with E-state index in [0.717, 1.165) is 32.7 Å². The molecule has 0 bridgehead atoms. The summed E-state index contributed by atoms with van der Waals surface area (Å²) >= 11 is 1.49. The normalized spacial score (nSPS) is 10.9. The van der Waals surface area contributed by atoms with Crippen molar-refractivity contribution in [2.75, 3.05) is 12.0 Å². The number of fused-ring (bicyclic) bond motifs is 1. The Balaban J connectivity index is 1.69. The largest absolute Gasteiger partial charge is 0.497 e. The van der Waals surface area contributed by atoms with Gasteiger partial charge in [-0.05, 0) is 54.8 Å². The second-order valence-electron chi connectivity index (χ2n) is 7.28. The van der Waals surface area contributed by atoms with E-state index in [4.69, 9.17) is 9.72 Å². The third-order valence-corrected chi connectivity index (χ3v) is 6.06. The van der Waals surface area contributed by atoms with E-state index in [2.05, 4.69) is 18.0 Å². The molecule has 4 rings (SSSR count). The molecule has 2 heterocycles. The van der Waals surface area contributed by atoms with Gasteiger partial charge in [0.2, 0.25) is 5.91 Å². The molecule has 0 aliphatic carbocycles. The Morgan fingerprint density at radius 3 is 2.73 bits per heavy atom. The molecule has 152 valence electrons. The molecular weight excluding hydrogens is 394 g/mol. The van der Waals surface area contributed by atoms with E-state index in [0.29, 0.717) is 18.1 Å². The molecule has 2 aromatic carbocycles. The van der Waals surface area contributed by atoms with E-state index in [1.165, 1.54) is 16.9 Å². The first kappa shape index (κ1) is 20.0. The number of hydrogen-bond donors (Lipinski definition) is 0. The summed E-state index contributed by atoms with van der Waals surface area (Å²) in [6, 6.07) is 15.8. The van der Waals surface area contributed by atoms with E-state index < -0.39 is 0 Å². The first-order valence-electron chi connectivity index (χ1n) is 9.73. The predicted molar refractivity (Wildman–Crippen MR) is 121 cm³/mol. The molecule has 0 fully saturated rings. The van der Waals surface area contributed by atoms with Gasteiger partial charge in [-0.2, -0.15) is 0 Å². The average Bonchev–Trinajstić information content (AvgIpc) is 3.17. The quantitative estimate of drug-likeness (QED) is 0.438. The average molecular weight is 418 g/mol. The van der Waals surface area contributed by atoms with Crippen LogP contribution in [-0.4, -0.2) is 23.0 Å². The number of ether oxygens (including phenoxy) is 1. The number of carbonyl (C=O) groups excluding carboxylic acids is 1. The summed E-state index contributed by atoms with van der Waals surface area (Å²) in [5, 5.41) is 0.678. The van der Waals surface area contributed by atoms with Crippen molar-refractivity contribution in [3.05, 3.63) is 83.2 Å². The molecule has 0 aliphatic rings. The van der Waals surface area contributed by atoms with Gasteiger partial charge >= 0.3 is 0 Å². The highest BCUT2D eigenvalue weighted by Crippen LogP contribution is 2.32. The fourth-order valence-electron chi connectivity index (χ4n) is 3.37. The van der Waals surface area contributed by atoms with Crippen LogP contribution in [0.1, 0.15) is 22.3 Å². The van der Waals surface area contributed by atoms with Crippen LogP contribution in [0.4, 0.5) is 5.13 Å². The summed E-state index contributed by atoms with van der Waals surface area (Å²) < 4.78 is 6.31. The summed E-state index contributed by atoms with van der Waals surface area (Å²) in [6.07, 6.45) is 3.84. The smallest absolute Gasteiger partial charge is 0.233 e. The lowest BCUT2D eigenvalue weighted by atomic mass is 10.0. The van der Waals surface area contributed by atoms with E-state index in [1.807, 2.05) is 49.4 Å². The minimum absolute atomic E-state index is 0.0110. The lowest BCUT2D eigenvalue weighted by Crippen LogP contribution is -2.32. The zero-order valence-electron chi connectivity index (χ0n) is 17.3. The number of thiazole rings is 1. The topological polar surface area (TPSA) is 55.3 Å². The predicted octanol–water partition coefficient (Wildman–Crippen LogP) is 5.09. The van der Waals surface area contributed by atoms with Gasteiger partial charge in [-0.3, -0.25) is 14.7 Å².